The SMILES string of the molecule is CNC1=C2C[C@@H](C)C[C@H](OC)[C@H](NCc3ccccc3)[C@@H](C)/C=C(\C)[C@H](OC(N)=O)[C@@H](OC)/C=C/C=C(\C)C(=O)NC(=CC1=O)C2=O. The van der Waals surface area contributed by atoms with E-state index in [9.17, 15) is 19.2 Å². The van der Waals surface area contributed by atoms with Crippen LogP contribution >= 0.6 is 0 Å². The molecule has 2 bridgehead atoms. The number of allylic oxidation sites excluding steroid dienone is 4. The molecule has 0 radical (unpaired) electrons. The van der Waals surface area contributed by atoms with Crippen molar-refractivity contribution in [1.82, 2.24) is 16.0 Å². The van der Waals surface area contributed by atoms with Gasteiger partial charge in [-0.2, -0.15) is 0 Å². The van der Waals surface area contributed by atoms with Crippen LogP contribution in [0, 0.1) is 11.8 Å². The lowest BCUT2D eigenvalue weighted by Crippen LogP contribution is -2.46. The van der Waals surface area contributed by atoms with Crippen LogP contribution < -0.4 is 21.7 Å². The molecule has 254 valence electrons. The second-order valence-electron chi connectivity index (χ2n) is 12.1. The Balaban J connectivity index is 2.12. The average Bonchev–Trinajstić information content (AvgIpc) is 3.03. The molecule has 0 saturated heterocycles. The first-order chi connectivity index (χ1) is 22.4. The smallest absolute Gasteiger partial charge is 0.405 e. The molecule has 2 aliphatic rings. The van der Waals surface area contributed by atoms with Crippen molar-refractivity contribution in [3.63, 3.8) is 0 Å². The van der Waals surface area contributed by atoms with E-state index in [0.29, 0.717) is 24.1 Å². The van der Waals surface area contributed by atoms with Crippen LogP contribution in [0.25, 0.3) is 0 Å². The summed E-state index contributed by atoms with van der Waals surface area (Å²) in [7, 11) is 4.73. The van der Waals surface area contributed by atoms with Gasteiger partial charge in [0.1, 0.15) is 6.10 Å². The third kappa shape index (κ3) is 10.1. The second kappa shape index (κ2) is 17.6. The fourth-order valence-electron chi connectivity index (χ4n) is 6.03. The molecule has 5 N–H and O–H groups in total. The number of primary amides is 1. The molecule has 1 aromatic rings. The topological polar surface area (TPSA) is 158 Å². The van der Waals surface area contributed by atoms with E-state index in [-0.39, 0.29) is 53.2 Å². The summed E-state index contributed by atoms with van der Waals surface area (Å²) in [6.45, 7) is 8.05. The van der Waals surface area contributed by atoms with Gasteiger partial charge in [-0.05, 0) is 49.7 Å². The van der Waals surface area contributed by atoms with Crippen LogP contribution in [-0.4, -0.2) is 69.2 Å². The number of benzene rings is 1. The summed E-state index contributed by atoms with van der Waals surface area (Å²) < 4.78 is 17.3. The van der Waals surface area contributed by atoms with E-state index >= 15 is 0 Å². The molecular formula is C36H48N4O7. The highest BCUT2D eigenvalue weighted by Crippen LogP contribution is 2.29. The summed E-state index contributed by atoms with van der Waals surface area (Å²) in [5.41, 5.74) is 8.00. The Hall–Kier alpha value is -4.32. The summed E-state index contributed by atoms with van der Waals surface area (Å²) in [6.07, 6.45) is 5.92. The van der Waals surface area contributed by atoms with Crippen molar-refractivity contribution in [1.29, 1.82) is 0 Å². The van der Waals surface area contributed by atoms with Crippen LogP contribution in [0.4, 0.5) is 4.79 Å². The number of nitrogens with two attached hydrogens (primary N) is 1. The molecule has 47 heavy (non-hydrogen) atoms. The van der Waals surface area contributed by atoms with Gasteiger partial charge in [-0.15, -0.1) is 0 Å². The van der Waals surface area contributed by atoms with Gasteiger partial charge in [-0.3, -0.25) is 14.4 Å². The fourth-order valence-corrected chi connectivity index (χ4v) is 6.03. The van der Waals surface area contributed by atoms with Crippen molar-refractivity contribution in [3.8, 4) is 0 Å². The number of carbonyl (C=O) groups is 4. The molecule has 0 unspecified atom stereocenters. The minimum Gasteiger partial charge on any atom is -0.439 e. The zero-order valence-electron chi connectivity index (χ0n) is 28.3. The molecule has 1 aliphatic carbocycles. The van der Waals surface area contributed by atoms with Crippen molar-refractivity contribution in [2.45, 2.75) is 71.4 Å². The predicted octanol–water partition coefficient (Wildman–Crippen LogP) is 3.78. The minimum atomic E-state index is -0.952. The van der Waals surface area contributed by atoms with Crippen molar-refractivity contribution < 1.29 is 33.4 Å². The van der Waals surface area contributed by atoms with Crippen molar-refractivity contribution in [3.05, 3.63) is 94.4 Å². The number of ether oxygens (including phenoxy) is 3. The molecule has 11 heteroatoms. The number of Topliss-reactive ketones (excluding diaryl/α,β-unsaturated/α-hetero) is 1. The predicted molar refractivity (Wildman–Crippen MR) is 180 cm³/mol. The molecule has 11 nitrogen and oxygen atoms in total. The monoisotopic (exact) mass is 648 g/mol. The summed E-state index contributed by atoms with van der Waals surface area (Å²) in [6, 6.07) is 9.78. The van der Waals surface area contributed by atoms with Gasteiger partial charge in [0.15, 0.2) is 6.10 Å². The standard InChI is InChI=1S/C36H48N4O7/c1-21-16-26-32(38-5)28(41)19-27(33(26)42)40-35(43)22(2)12-11-15-29(45-6)34(47-36(37)44)24(4)18-23(3)31(30(17-21)46-7)39-20-25-13-9-8-10-14-25/h8-15,18-19,21,23,29-31,34,38-39H,16-17,20H2,1-7H3,(H2,37,44)(H,40,43)/b15-11+,22-12+,24-18+/t21-,23+,29+,30+,31-,34+/m1/s1. The van der Waals surface area contributed by atoms with Gasteiger partial charge in [0.25, 0.3) is 5.91 Å². The zero-order valence-corrected chi connectivity index (χ0v) is 28.3. The minimum absolute atomic E-state index is 0.0836. The Morgan fingerprint density at radius 3 is 2.38 bits per heavy atom. The number of hydrogen-bond donors (Lipinski definition) is 4. The number of rotatable bonds is 7. The summed E-state index contributed by atoms with van der Waals surface area (Å²) in [5.74, 6) is -1.58. The quantitative estimate of drug-likeness (QED) is 0.255. The maximum Gasteiger partial charge on any atom is 0.405 e. The lowest BCUT2D eigenvalue weighted by molar-refractivity contribution is -0.120. The largest absolute Gasteiger partial charge is 0.439 e. The summed E-state index contributed by atoms with van der Waals surface area (Å²) in [4.78, 5) is 51.8. The highest BCUT2D eigenvalue weighted by atomic mass is 16.6. The molecular weight excluding hydrogens is 600 g/mol. The van der Waals surface area contributed by atoms with Crippen LogP contribution in [0.5, 0.6) is 0 Å². The Morgan fingerprint density at radius 1 is 1.06 bits per heavy atom. The molecule has 1 aliphatic heterocycles. The van der Waals surface area contributed by atoms with Crippen molar-refractivity contribution >= 4 is 23.6 Å². The third-order valence-corrected chi connectivity index (χ3v) is 8.48. The third-order valence-electron chi connectivity index (χ3n) is 8.48. The molecule has 1 aromatic carbocycles. The number of carbonyl (C=O) groups excluding carboxylic acids is 4. The Morgan fingerprint density at radius 2 is 1.77 bits per heavy atom. The lowest BCUT2D eigenvalue weighted by atomic mass is 9.84. The van der Waals surface area contributed by atoms with E-state index in [4.69, 9.17) is 19.9 Å². The molecule has 0 aromatic heterocycles. The highest BCUT2D eigenvalue weighted by Gasteiger charge is 2.33. The van der Waals surface area contributed by atoms with Crippen LogP contribution in [0.15, 0.2) is 88.8 Å². The Labute approximate surface area is 277 Å². The first-order valence-corrected chi connectivity index (χ1v) is 15.7. The number of hydrogen-bond acceptors (Lipinski definition) is 9. The Bertz CT molecular complexity index is 1460. The first-order valence-electron chi connectivity index (χ1n) is 15.7. The zero-order chi connectivity index (χ0) is 34.7. The van der Waals surface area contributed by atoms with Gasteiger partial charge in [0, 0.05) is 51.1 Å². The van der Waals surface area contributed by atoms with Gasteiger partial charge in [0.05, 0.1) is 17.5 Å². The van der Waals surface area contributed by atoms with Crippen molar-refractivity contribution in [2.75, 3.05) is 21.3 Å². The molecule has 0 spiro atoms. The second-order valence-corrected chi connectivity index (χ2v) is 12.1. The Kier molecular flexibility index (Phi) is 13.9. The lowest BCUT2D eigenvalue weighted by Gasteiger charge is -2.34. The van der Waals surface area contributed by atoms with E-state index < -0.39 is 30.0 Å². The maximum atomic E-state index is 13.7. The normalized spacial score (nSPS) is 29.5. The molecule has 3 rings (SSSR count). The highest BCUT2D eigenvalue weighted by molar-refractivity contribution is 6.23. The molecule has 0 fully saturated rings. The molecule has 6 atom stereocenters. The average molecular weight is 649 g/mol. The van der Waals surface area contributed by atoms with E-state index in [2.05, 4.69) is 22.9 Å². The number of methoxy groups -OCH3 is 2. The molecule has 2 amide bonds. The van der Waals surface area contributed by atoms with E-state index in [1.165, 1.54) is 7.11 Å². The van der Waals surface area contributed by atoms with E-state index in [0.717, 1.165) is 11.6 Å². The number of likely N-dealkylation sites (N-methyl/N-ethyl adjacent to an activating group) is 1. The number of nitrogens with one attached hydrogen (secondary N) is 3. The molecule has 0 saturated carbocycles. The van der Waals surface area contributed by atoms with Crippen LogP contribution in [0.3, 0.4) is 0 Å². The van der Waals surface area contributed by atoms with Gasteiger partial charge in [-0.1, -0.05) is 68.5 Å². The van der Waals surface area contributed by atoms with Crippen molar-refractivity contribution in [2.24, 2.45) is 17.6 Å². The number of amides is 2. The molecule has 1 heterocycles. The van der Waals surface area contributed by atoms with Gasteiger partial charge >= 0.3 is 6.09 Å². The van der Waals surface area contributed by atoms with Gasteiger partial charge in [-0.25, -0.2) is 4.79 Å². The van der Waals surface area contributed by atoms with Gasteiger partial charge in [0.2, 0.25) is 11.6 Å². The maximum absolute atomic E-state index is 13.7. The van der Waals surface area contributed by atoms with Crippen LogP contribution in [0.1, 0.15) is 46.1 Å². The summed E-state index contributed by atoms with van der Waals surface area (Å²) >= 11 is 0. The van der Waals surface area contributed by atoms with E-state index in [1.807, 2.05) is 50.3 Å². The number of fused-ring (bicyclic) bond motifs is 2. The van der Waals surface area contributed by atoms with Crippen LogP contribution in [0.2, 0.25) is 0 Å². The van der Waals surface area contributed by atoms with E-state index in [1.54, 1.807) is 39.3 Å². The number of ketones is 2. The fraction of sp³-hybridized carbons (Fsp3) is 0.444. The first kappa shape index (κ1) is 37.1. The van der Waals surface area contributed by atoms with Crippen LogP contribution in [-0.2, 0) is 35.1 Å². The van der Waals surface area contributed by atoms with Gasteiger partial charge < -0.3 is 35.9 Å². The summed E-state index contributed by atoms with van der Waals surface area (Å²) in [5, 5.41) is 9.17.